The van der Waals surface area contributed by atoms with Crippen molar-refractivity contribution in [3.63, 3.8) is 0 Å². The number of hydrogen-bond donors (Lipinski definition) is 1. The average Bonchev–Trinajstić information content (AvgIpc) is 3.42. The van der Waals surface area contributed by atoms with Crippen LogP contribution in [0.2, 0.25) is 0 Å². The first-order chi connectivity index (χ1) is 15.6. The molecule has 1 spiro atoms. The van der Waals surface area contributed by atoms with E-state index >= 15 is 0 Å². The van der Waals surface area contributed by atoms with Gasteiger partial charge in [-0.25, -0.2) is 9.59 Å². The topological polar surface area (TPSA) is 92.2 Å². The monoisotopic (exact) mass is 473 g/mol. The van der Waals surface area contributed by atoms with Gasteiger partial charge in [0.15, 0.2) is 0 Å². The molecule has 1 aromatic rings. The lowest BCUT2D eigenvalue weighted by Gasteiger charge is -2.41. The predicted octanol–water partition coefficient (Wildman–Crippen LogP) is 3.38. The molecule has 3 fully saturated rings. The van der Waals surface area contributed by atoms with Gasteiger partial charge in [-0.2, -0.15) is 13.2 Å². The summed E-state index contributed by atoms with van der Waals surface area (Å²) in [4.78, 5) is 30.1. The van der Waals surface area contributed by atoms with E-state index in [-0.39, 0.29) is 17.7 Å². The third-order valence-electron chi connectivity index (χ3n) is 6.02. The number of alkyl halides is 3. The molecule has 33 heavy (non-hydrogen) atoms. The van der Waals surface area contributed by atoms with Crippen molar-refractivity contribution in [1.82, 2.24) is 14.8 Å². The summed E-state index contributed by atoms with van der Waals surface area (Å²) < 4.78 is 44.0. The maximum absolute atomic E-state index is 12.7. The van der Waals surface area contributed by atoms with Crippen LogP contribution in [-0.2, 0) is 20.9 Å². The second-order valence-corrected chi connectivity index (χ2v) is 8.71. The summed E-state index contributed by atoms with van der Waals surface area (Å²) in [6, 6.07) is 6.19. The number of aliphatic carboxylic acids is 1. The molecule has 184 valence electrons. The zero-order valence-electron chi connectivity index (χ0n) is 18.6. The van der Waals surface area contributed by atoms with Crippen LogP contribution in [-0.4, -0.2) is 82.6 Å². The van der Waals surface area contributed by atoms with Gasteiger partial charge in [0, 0.05) is 31.7 Å². The maximum atomic E-state index is 12.7. The molecule has 3 saturated heterocycles. The molecule has 0 aromatic carbocycles. The molecule has 0 saturated carbocycles. The van der Waals surface area contributed by atoms with E-state index in [1.807, 2.05) is 34.9 Å². The zero-order chi connectivity index (χ0) is 24.1. The van der Waals surface area contributed by atoms with Crippen molar-refractivity contribution in [3.05, 3.63) is 29.6 Å². The largest absolute Gasteiger partial charge is 0.490 e. The van der Waals surface area contributed by atoms with Crippen molar-refractivity contribution >= 4 is 12.0 Å². The van der Waals surface area contributed by atoms with E-state index in [1.54, 1.807) is 0 Å². The summed E-state index contributed by atoms with van der Waals surface area (Å²) in [6.07, 6.45) is 0.140. The summed E-state index contributed by atoms with van der Waals surface area (Å²) in [7, 11) is 0. The highest BCUT2D eigenvalue weighted by Crippen LogP contribution is 2.36. The number of pyridine rings is 1. The summed E-state index contributed by atoms with van der Waals surface area (Å²) in [5, 5.41) is 7.12. The molecule has 3 aliphatic heterocycles. The van der Waals surface area contributed by atoms with E-state index in [0.717, 1.165) is 63.1 Å². The molecule has 8 nitrogen and oxygen atoms in total. The Morgan fingerprint density at radius 3 is 2.52 bits per heavy atom. The molecular formula is C22H30F3N3O5. The Morgan fingerprint density at radius 2 is 1.88 bits per heavy atom. The molecule has 11 heteroatoms. The van der Waals surface area contributed by atoms with Crippen LogP contribution < -0.4 is 0 Å². The van der Waals surface area contributed by atoms with Crippen LogP contribution in [0.25, 0.3) is 0 Å². The van der Waals surface area contributed by atoms with Gasteiger partial charge in [-0.1, -0.05) is 6.07 Å². The van der Waals surface area contributed by atoms with Crippen LogP contribution in [0.5, 0.6) is 0 Å². The first-order valence-corrected chi connectivity index (χ1v) is 11.1. The number of carbonyl (C=O) groups excluding carboxylic acids is 1. The number of piperidine rings is 1. The minimum absolute atomic E-state index is 0.0825. The third-order valence-corrected chi connectivity index (χ3v) is 6.02. The number of ether oxygens (including phenoxy) is 2. The second kappa shape index (κ2) is 10.7. The lowest BCUT2D eigenvalue weighted by atomic mass is 9.89. The fourth-order valence-corrected chi connectivity index (χ4v) is 4.45. The average molecular weight is 473 g/mol. The summed E-state index contributed by atoms with van der Waals surface area (Å²) in [5.41, 5.74) is 1.74. The first-order valence-electron chi connectivity index (χ1n) is 11.1. The predicted molar refractivity (Wildman–Crippen MR) is 112 cm³/mol. The van der Waals surface area contributed by atoms with E-state index < -0.39 is 12.1 Å². The lowest BCUT2D eigenvalue weighted by molar-refractivity contribution is -0.192. The Labute approximate surface area is 190 Å². The lowest BCUT2D eigenvalue weighted by Crippen LogP contribution is -2.53. The number of aryl methyl sites for hydroxylation is 1. The fraction of sp³-hybridized carbons (Fsp3) is 0.682. The van der Waals surface area contributed by atoms with Gasteiger partial charge in [0.1, 0.15) is 0 Å². The number of halogens is 3. The smallest absolute Gasteiger partial charge is 0.475 e. The van der Waals surface area contributed by atoms with E-state index in [0.29, 0.717) is 19.8 Å². The first kappa shape index (κ1) is 25.2. The van der Waals surface area contributed by atoms with Crippen molar-refractivity contribution in [2.24, 2.45) is 0 Å². The summed E-state index contributed by atoms with van der Waals surface area (Å²) in [6.45, 7) is 6.46. The summed E-state index contributed by atoms with van der Waals surface area (Å²) >= 11 is 0. The number of carboxylic acid groups (broad SMARTS) is 1. The van der Waals surface area contributed by atoms with Crippen LogP contribution in [0.1, 0.15) is 43.5 Å². The van der Waals surface area contributed by atoms with Gasteiger partial charge in [-0.15, -0.1) is 0 Å². The van der Waals surface area contributed by atoms with E-state index in [9.17, 15) is 18.0 Å². The van der Waals surface area contributed by atoms with Crippen molar-refractivity contribution < 1.29 is 37.3 Å². The number of rotatable bonds is 3. The molecule has 1 aromatic heterocycles. The Hall–Kier alpha value is -2.40. The van der Waals surface area contributed by atoms with Gasteiger partial charge >= 0.3 is 18.2 Å². The normalized spacial score (nSPS) is 25.2. The molecule has 0 radical (unpaired) electrons. The van der Waals surface area contributed by atoms with Crippen molar-refractivity contribution in [1.29, 1.82) is 0 Å². The van der Waals surface area contributed by atoms with E-state index in [4.69, 9.17) is 19.4 Å². The number of nitrogens with zero attached hydrogens (tertiary/aromatic N) is 3. The van der Waals surface area contributed by atoms with Crippen LogP contribution in [0.3, 0.4) is 0 Å². The fourth-order valence-electron chi connectivity index (χ4n) is 4.45. The molecule has 2 amide bonds. The SMILES string of the molecule is Cc1cccc(CO[C@H]2CO[C@@]3(CCCN(C(=O)N4CCCC4)C3)C2)n1.O=C(O)C(F)(F)F. The standard InChI is InChI=1S/C20H29N3O3.C2HF3O2/c1-16-6-4-7-17(21-16)13-25-18-12-20(26-14-18)8-5-11-23(15-20)19(24)22-9-2-3-10-22;3-2(4,5)1(6)7/h4,6-7,18H,2-3,5,8-15H2,1H3;(H,6,7)/t18-,20+;/m1./s1. The Morgan fingerprint density at radius 1 is 1.21 bits per heavy atom. The Bertz CT molecular complexity index is 832. The van der Waals surface area contributed by atoms with Gasteiger partial charge in [0.05, 0.1) is 37.2 Å². The molecule has 2 atom stereocenters. The second-order valence-electron chi connectivity index (χ2n) is 8.71. The van der Waals surface area contributed by atoms with Crippen molar-refractivity contribution in [2.45, 2.75) is 63.5 Å². The Balaban J connectivity index is 0.000000383. The maximum Gasteiger partial charge on any atom is 0.490 e. The van der Waals surface area contributed by atoms with Gasteiger partial charge in [-0.3, -0.25) is 4.98 Å². The van der Waals surface area contributed by atoms with Crippen molar-refractivity contribution in [2.75, 3.05) is 32.8 Å². The quantitative estimate of drug-likeness (QED) is 0.724. The molecule has 0 bridgehead atoms. The number of amides is 2. The molecular weight excluding hydrogens is 443 g/mol. The van der Waals surface area contributed by atoms with Gasteiger partial charge in [-0.05, 0) is 44.7 Å². The Kier molecular flexibility index (Phi) is 8.17. The molecule has 1 N–H and O–H groups in total. The number of carboxylic acids is 1. The summed E-state index contributed by atoms with van der Waals surface area (Å²) in [5.74, 6) is -2.76. The van der Waals surface area contributed by atoms with Gasteiger partial charge in [0.2, 0.25) is 0 Å². The number of urea groups is 1. The van der Waals surface area contributed by atoms with Gasteiger partial charge in [0.25, 0.3) is 0 Å². The molecule has 0 unspecified atom stereocenters. The molecule has 3 aliphatic rings. The van der Waals surface area contributed by atoms with Crippen LogP contribution in [0.15, 0.2) is 18.2 Å². The highest BCUT2D eigenvalue weighted by atomic mass is 19.4. The number of aromatic nitrogens is 1. The molecule has 4 rings (SSSR count). The van der Waals surface area contributed by atoms with E-state index in [1.165, 1.54) is 0 Å². The van der Waals surface area contributed by atoms with E-state index in [2.05, 4.69) is 4.98 Å². The zero-order valence-corrected chi connectivity index (χ0v) is 18.6. The highest BCUT2D eigenvalue weighted by molar-refractivity contribution is 5.75. The van der Waals surface area contributed by atoms with Crippen LogP contribution >= 0.6 is 0 Å². The molecule has 0 aliphatic carbocycles. The van der Waals surface area contributed by atoms with Crippen LogP contribution in [0.4, 0.5) is 18.0 Å². The third kappa shape index (κ3) is 7.04. The molecule has 4 heterocycles. The minimum atomic E-state index is -5.08. The van der Waals surface area contributed by atoms with Crippen LogP contribution in [0, 0.1) is 6.92 Å². The van der Waals surface area contributed by atoms with Crippen molar-refractivity contribution in [3.8, 4) is 0 Å². The van der Waals surface area contributed by atoms with Gasteiger partial charge < -0.3 is 24.4 Å². The highest BCUT2D eigenvalue weighted by Gasteiger charge is 2.45. The minimum Gasteiger partial charge on any atom is -0.475 e. The number of likely N-dealkylation sites (tertiary alicyclic amines) is 2. The number of carbonyl (C=O) groups is 2. The number of hydrogen-bond acceptors (Lipinski definition) is 5.